The summed E-state index contributed by atoms with van der Waals surface area (Å²) in [5.74, 6) is -0.543. The van der Waals surface area contributed by atoms with Gasteiger partial charge in [0, 0.05) is 13.2 Å². The summed E-state index contributed by atoms with van der Waals surface area (Å²) >= 11 is 0. The van der Waals surface area contributed by atoms with E-state index in [1.54, 1.807) is 20.8 Å². The minimum Gasteiger partial charge on any atom is -0.380 e. The molecule has 0 unspecified atom stereocenters. The van der Waals surface area contributed by atoms with Crippen molar-refractivity contribution in [1.29, 1.82) is 0 Å². The zero-order valence-electron chi connectivity index (χ0n) is 13.0. The van der Waals surface area contributed by atoms with Crippen LogP contribution in [-0.2, 0) is 14.3 Å². The molecule has 0 aromatic rings. The maximum Gasteiger partial charge on any atom is 0.414 e. The first-order valence-corrected chi connectivity index (χ1v) is 6.60. The minimum atomic E-state index is -0.723. The molecule has 0 aromatic carbocycles. The van der Waals surface area contributed by atoms with Crippen LogP contribution in [0.4, 0.5) is 4.79 Å². The molecule has 0 saturated carbocycles. The second-order valence-corrected chi connectivity index (χ2v) is 6.78. The maximum absolute atomic E-state index is 11.4. The van der Waals surface area contributed by atoms with E-state index in [2.05, 4.69) is 30.8 Å². The molecule has 0 aliphatic carbocycles. The highest BCUT2D eigenvalue weighted by Crippen LogP contribution is 2.17. The zero-order chi connectivity index (χ0) is 15.1. The van der Waals surface area contributed by atoms with Crippen molar-refractivity contribution in [2.75, 3.05) is 19.8 Å². The Kier molecular flexibility index (Phi) is 7.05. The van der Waals surface area contributed by atoms with E-state index in [9.17, 15) is 9.59 Å². The fourth-order valence-electron chi connectivity index (χ4n) is 0.979. The Labute approximate surface area is 116 Å². The van der Waals surface area contributed by atoms with Gasteiger partial charge in [0.1, 0.15) is 0 Å². The Balaban J connectivity index is 3.63. The van der Waals surface area contributed by atoms with Crippen molar-refractivity contribution in [2.45, 2.75) is 48.0 Å². The number of carbonyl (C=O) groups is 2. The van der Waals surface area contributed by atoms with E-state index in [1.807, 2.05) is 0 Å². The van der Waals surface area contributed by atoms with E-state index in [-0.39, 0.29) is 5.41 Å². The van der Waals surface area contributed by atoms with E-state index >= 15 is 0 Å². The summed E-state index contributed by atoms with van der Waals surface area (Å²) in [5, 5.41) is 2.48. The number of ether oxygens (including phenoxy) is 2. The van der Waals surface area contributed by atoms with Crippen LogP contribution in [0.25, 0.3) is 0 Å². The van der Waals surface area contributed by atoms with Gasteiger partial charge in [0.15, 0.2) is 0 Å². The average molecular weight is 273 g/mol. The number of hydrogen-bond donors (Lipinski definition) is 1. The van der Waals surface area contributed by atoms with Crippen LogP contribution in [0.15, 0.2) is 0 Å². The SMILES string of the molecule is CC(C)(C)CCOCCNC(=O)OC(=O)C(C)(C)C. The summed E-state index contributed by atoms with van der Waals surface area (Å²) in [6.45, 7) is 12.9. The molecule has 0 saturated heterocycles. The van der Waals surface area contributed by atoms with Crippen molar-refractivity contribution < 1.29 is 19.1 Å². The van der Waals surface area contributed by atoms with E-state index in [0.717, 1.165) is 6.42 Å². The molecule has 112 valence electrons. The number of esters is 1. The van der Waals surface area contributed by atoms with E-state index in [4.69, 9.17) is 4.74 Å². The number of alkyl carbamates (subject to hydrolysis) is 1. The Morgan fingerprint density at radius 3 is 2.05 bits per heavy atom. The number of rotatable bonds is 5. The average Bonchev–Trinajstić information content (AvgIpc) is 2.20. The number of nitrogens with one attached hydrogen (secondary N) is 1. The van der Waals surface area contributed by atoms with E-state index in [0.29, 0.717) is 19.8 Å². The summed E-state index contributed by atoms with van der Waals surface area (Å²) in [6.07, 6.45) is 0.235. The summed E-state index contributed by atoms with van der Waals surface area (Å²) in [7, 11) is 0. The lowest BCUT2D eigenvalue weighted by atomic mass is 9.93. The van der Waals surface area contributed by atoms with Crippen molar-refractivity contribution in [3.05, 3.63) is 0 Å². The smallest absolute Gasteiger partial charge is 0.380 e. The first-order valence-electron chi connectivity index (χ1n) is 6.60. The van der Waals surface area contributed by atoms with Crippen LogP contribution >= 0.6 is 0 Å². The Hall–Kier alpha value is -1.10. The summed E-state index contributed by atoms with van der Waals surface area (Å²) in [5.41, 5.74) is -0.438. The van der Waals surface area contributed by atoms with Crippen LogP contribution in [0.5, 0.6) is 0 Å². The molecule has 0 spiro atoms. The molecule has 1 N–H and O–H groups in total. The first kappa shape index (κ1) is 17.9. The van der Waals surface area contributed by atoms with Crippen LogP contribution in [-0.4, -0.2) is 31.8 Å². The molecule has 0 fully saturated rings. The molecule has 0 heterocycles. The summed E-state index contributed by atoms with van der Waals surface area (Å²) < 4.78 is 10.0. The topological polar surface area (TPSA) is 64.6 Å². The van der Waals surface area contributed by atoms with Crippen LogP contribution in [0.1, 0.15) is 48.0 Å². The first-order chi connectivity index (χ1) is 8.52. The van der Waals surface area contributed by atoms with E-state index in [1.165, 1.54) is 0 Å². The summed E-state index contributed by atoms with van der Waals surface area (Å²) in [4.78, 5) is 22.7. The van der Waals surface area contributed by atoms with Gasteiger partial charge < -0.3 is 14.8 Å². The molecule has 0 aliphatic heterocycles. The van der Waals surface area contributed by atoms with Gasteiger partial charge in [-0.2, -0.15) is 0 Å². The van der Waals surface area contributed by atoms with Gasteiger partial charge in [-0.15, -0.1) is 0 Å². The molecule has 19 heavy (non-hydrogen) atoms. The molecule has 5 heteroatoms. The molecule has 5 nitrogen and oxygen atoms in total. The van der Waals surface area contributed by atoms with Gasteiger partial charge in [-0.3, -0.25) is 4.79 Å². The molecule has 1 amide bonds. The second-order valence-electron chi connectivity index (χ2n) is 6.78. The third-order valence-corrected chi connectivity index (χ3v) is 2.31. The van der Waals surface area contributed by atoms with Crippen molar-refractivity contribution in [2.24, 2.45) is 10.8 Å². The van der Waals surface area contributed by atoms with Gasteiger partial charge >= 0.3 is 12.1 Å². The van der Waals surface area contributed by atoms with Gasteiger partial charge in [0.2, 0.25) is 0 Å². The van der Waals surface area contributed by atoms with Crippen molar-refractivity contribution in [3.63, 3.8) is 0 Å². The molecule has 0 radical (unpaired) electrons. The molecular formula is C14H27NO4. The standard InChI is InChI=1S/C14H27NO4/c1-13(2,3)7-9-18-10-8-15-12(17)19-11(16)14(4,5)6/h7-10H2,1-6H3,(H,15,17). The van der Waals surface area contributed by atoms with Gasteiger partial charge in [-0.25, -0.2) is 4.79 Å². The third kappa shape index (κ3) is 10.5. The molecule has 0 bridgehead atoms. The van der Waals surface area contributed by atoms with Gasteiger partial charge in [-0.05, 0) is 32.6 Å². The highest BCUT2D eigenvalue weighted by Gasteiger charge is 2.25. The van der Waals surface area contributed by atoms with Gasteiger partial charge in [0.25, 0.3) is 0 Å². The fourth-order valence-corrected chi connectivity index (χ4v) is 0.979. The fraction of sp³-hybridized carbons (Fsp3) is 0.857. The van der Waals surface area contributed by atoms with Crippen molar-refractivity contribution >= 4 is 12.1 Å². The third-order valence-electron chi connectivity index (χ3n) is 2.31. The largest absolute Gasteiger partial charge is 0.414 e. The number of hydrogen-bond acceptors (Lipinski definition) is 4. The van der Waals surface area contributed by atoms with Gasteiger partial charge in [-0.1, -0.05) is 20.8 Å². The Morgan fingerprint density at radius 1 is 1.00 bits per heavy atom. The number of carbonyl (C=O) groups excluding carboxylic acids is 2. The van der Waals surface area contributed by atoms with E-state index < -0.39 is 17.5 Å². The van der Waals surface area contributed by atoms with Crippen LogP contribution in [0, 0.1) is 10.8 Å². The molecule has 0 aromatic heterocycles. The highest BCUT2D eigenvalue weighted by atomic mass is 16.6. The molecular weight excluding hydrogens is 246 g/mol. The number of amides is 1. The molecule has 0 atom stereocenters. The Bertz CT molecular complexity index is 300. The second kappa shape index (κ2) is 7.48. The monoisotopic (exact) mass is 273 g/mol. The lowest BCUT2D eigenvalue weighted by Gasteiger charge is -2.18. The quantitative estimate of drug-likeness (QED) is 0.475. The summed E-state index contributed by atoms with van der Waals surface area (Å²) in [6, 6.07) is 0. The normalized spacial score (nSPS) is 12.1. The van der Waals surface area contributed by atoms with Crippen LogP contribution in [0.2, 0.25) is 0 Å². The Morgan fingerprint density at radius 2 is 1.58 bits per heavy atom. The maximum atomic E-state index is 11.4. The highest BCUT2D eigenvalue weighted by molar-refractivity contribution is 5.87. The van der Waals surface area contributed by atoms with Crippen LogP contribution in [0.3, 0.4) is 0 Å². The molecule has 0 aliphatic rings. The van der Waals surface area contributed by atoms with Crippen molar-refractivity contribution in [3.8, 4) is 0 Å². The predicted molar refractivity (Wildman–Crippen MR) is 73.8 cm³/mol. The molecule has 0 rings (SSSR count). The minimum absolute atomic E-state index is 0.242. The van der Waals surface area contributed by atoms with Gasteiger partial charge in [0.05, 0.1) is 12.0 Å². The van der Waals surface area contributed by atoms with Crippen molar-refractivity contribution in [1.82, 2.24) is 5.32 Å². The predicted octanol–water partition coefficient (Wildman–Crippen LogP) is 2.74. The lowest BCUT2D eigenvalue weighted by molar-refractivity contribution is -0.146. The van der Waals surface area contributed by atoms with Crippen LogP contribution < -0.4 is 5.32 Å². The zero-order valence-corrected chi connectivity index (χ0v) is 13.0. The lowest BCUT2D eigenvalue weighted by Crippen LogP contribution is -2.34.